The van der Waals surface area contributed by atoms with Crippen molar-refractivity contribution in [3.63, 3.8) is 0 Å². The van der Waals surface area contributed by atoms with Crippen LogP contribution in [0.5, 0.6) is 0 Å². The molecule has 5 nitrogen and oxygen atoms in total. The summed E-state index contributed by atoms with van der Waals surface area (Å²) in [6, 6.07) is 9.03. The molecule has 144 valence electrons. The Balaban J connectivity index is 1.90. The number of aromatic nitrogens is 1. The fourth-order valence-corrected chi connectivity index (χ4v) is 3.69. The van der Waals surface area contributed by atoms with Gasteiger partial charge in [-0.3, -0.25) is 9.59 Å². The summed E-state index contributed by atoms with van der Waals surface area (Å²) >= 11 is 12.3. The van der Waals surface area contributed by atoms with Crippen LogP contribution in [-0.2, 0) is 16.1 Å². The van der Waals surface area contributed by atoms with E-state index in [0.717, 1.165) is 11.3 Å². The third-order valence-electron chi connectivity index (χ3n) is 4.44. The number of rotatable bonds is 3. The average molecular weight is 408 g/mol. The molecule has 1 unspecified atom stereocenters. The Bertz CT molecular complexity index is 870. The third-order valence-corrected chi connectivity index (χ3v) is 5.18. The summed E-state index contributed by atoms with van der Waals surface area (Å²) in [6.07, 6.45) is 1.81. The van der Waals surface area contributed by atoms with Crippen molar-refractivity contribution in [3.8, 4) is 0 Å². The first kappa shape index (κ1) is 19.8. The molecule has 1 aromatic carbocycles. The van der Waals surface area contributed by atoms with Crippen molar-refractivity contribution in [1.82, 2.24) is 14.8 Å². The molecule has 0 aliphatic carbocycles. The smallest absolute Gasteiger partial charge is 0.232 e. The van der Waals surface area contributed by atoms with Gasteiger partial charge in [-0.1, -0.05) is 29.3 Å². The van der Waals surface area contributed by atoms with Crippen LogP contribution in [0.25, 0.3) is 0 Å². The highest BCUT2D eigenvalue weighted by Gasteiger charge is 2.33. The van der Waals surface area contributed by atoms with E-state index in [1.54, 1.807) is 17.0 Å². The van der Waals surface area contributed by atoms with E-state index in [1.807, 2.05) is 45.2 Å². The lowest BCUT2D eigenvalue weighted by Gasteiger charge is -2.37. The van der Waals surface area contributed by atoms with Gasteiger partial charge in [-0.15, -0.1) is 0 Å². The minimum Gasteiger partial charge on any atom is -0.351 e. The lowest BCUT2D eigenvalue weighted by molar-refractivity contribution is -0.138. The Hall–Kier alpha value is -1.98. The molecular formula is C20H23Cl2N3O2. The topological polar surface area (TPSA) is 54.3 Å². The molecule has 1 N–H and O–H groups in total. The zero-order chi connectivity index (χ0) is 19.8. The summed E-state index contributed by atoms with van der Waals surface area (Å²) in [7, 11) is 0. The minimum absolute atomic E-state index is 0.185. The Morgan fingerprint density at radius 1 is 1.15 bits per heavy atom. The van der Waals surface area contributed by atoms with Crippen LogP contribution in [0.15, 0.2) is 36.5 Å². The molecule has 0 saturated carbocycles. The van der Waals surface area contributed by atoms with Crippen LogP contribution < -0.4 is 5.32 Å². The maximum absolute atomic E-state index is 13.0. The molecule has 7 heteroatoms. The summed E-state index contributed by atoms with van der Waals surface area (Å²) in [4.78, 5) is 27.0. The predicted octanol–water partition coefficient (Wildman–Crippen LogP) is 4.03. The first-order valence-corrected chi connectivity index (χ1v) is 9.62. The molecule has 0 bridgehead atoms. The Morgan fingerprint density at radius 2 is 1.89 bits per heavy atom. The Kier molecular flexibility index (Phi) is 5.54. The number of benzene rings is 1. The summed E-state index contributed by atoms with van der Waals surface area (Å²) in [5.41, 5.74) is 1.48. The van der Waals surface area contributed by atoms with Crippen molar-refractivity contribution in [2.45, 2.75) is 45.3 Å². The first-order chi connectivity index (χ1) is 12.7. The fraction of sp³-hybridized carbons (Fsp3) is 0.400. The minimum atomic E-state index is -0.378. The number of nitrogens with zero attached hydrogens (tertiary/aromatic N) is 2. The van der Waals surface area contributed by atoms with Crippen molar-refractivity contribution in [1.29, 1.82) is 0 Å². The standard InChI is InChI=1S/C20H23Cl2N3O2/c1-20(2,3)23-17(26)12-18(27)25-10-9-24-8-4-5-16(24)19(25)13-6-7-14(21)15(22)11-13/h4-8,11,19H,9-10,12H2,1-3H3,(H,23,26). The van der Waals surface area contributed by atoms with Crippen molar-refractivity contribution in [2.75, 3.05) is 6.54 Å². The van der Waals surface area contributed by atoms with E-state index in [1.165, 1.54) is 0 Å². The molecule has 0 saturated heterocycles. The van der Waals surface area contributed by atoms with Crippen LogP contribution in [-0.4, -0.2) is 33.4 Å². The largest absolute Gasteiger partial charge is 0.351 e. The van der Waals surface area contributed by atoms with Crippen LogP contribution in [0.4, 0.5) is 0 Å². The molecule has 27 heavy (non-hydrogen) atoms. The number of nitrogens with one attached hydrogen (secondary N) is 1. The van der Waals surface area contributed by atoms with Gasteiger partial charge in [0.15, 0.2) is 0 Å². The number of carbonyl (C=O) groups excluding carboxylic acids is 2. The number of halogens is 2. The van der Waals surface area contributed by atoms with E-state index in [9.17, 15) is 9.59 Å². The van der Waals surface area contributed by atoms with Gasteiger partial charge in [0.25, 0.3) is 0 Å². The van der Waals surface area contributed by atoms with E-state index in [4.69, 9.17) is 23.2 Å². The van der Waals surface area contributed by atoms with Crippen LogP contribution >= 0.6 is 23.2 Å². The molecule has 3 rings (SSSR count). The highest BCUT2D eigenvalue weighted by Crippen LogP contribution is 2.35. The zero-order valence-electron chi connectivity index (χ0n) is 15.6. The molecule has 1 atom stereocenters. The van der Waals surface area contributed by atoms with Crippen LogP contribution in [0.2, 0.25) is 10.0 Å². The molecular weight excluding hydrogens is 385 g/mol. The van der Waals surface area contributed by atoms with Gasteiger partial charge in [0.1, 0.15) is 6.42 Å². The lowest BCUT2D eigenvalue weighted by Crippen LogP contribution is -2.46. The van der Waals surface area contributed by atoms with Gasteiger partial charge in [-0.2, -0.15) is 0 Å². The molecule has 1 aliphatic heterocycles. The maximum Gasteiger partial charge on any atom is 0.232 e. The Labute approximate surface area is 169 Å². The number of hydrogen-bond donors (Lipinski definition) is 1. The average Bonchev–Trinajstić information content (AvgIpc) is 3.03. The van der Waals surface area contributed by atoms with E-state index in [-0.39, 0.29) is 29.8 Å². The molecule has 0 spiro atoms. The summed E-state index contributed by atoms with van der Waals surface area (Å²) in [5.74, 6) is -0.485. The maximum atomic E-state index is 13.0. The zero-order valence-corrected chi connectivity index (χ0v) is 17.1. The molecule has 0 fully saturated rings. The molecule has 2 aromatic rings. The first-order valence-electron chi connectivity index (χ1n) is 8.86. The summed E-state index contributed by atoms with van der Waals surface area (Å²) < 4.78 is 2.12. The predicted molar refractivity (Wildman–Crippen MR) is 107 cm³/mol. The highest BCUT2D eigenvalue weighted by atomic mass is 35.5. The number of fused-ring (bicyclic) bond motifs is 1. The highest BCUT2D eigenvalue weighted by molar-refractivity contribution is 6.42. The fourth-order valence-electron chi connectivity index (χ4n) is 3.39. The number of amides is 2. The van der Waals surface area contributed by atoms with Crippen molar-refractivity contribution in [3.05, 3.63) is 57.8 Å². The van der Waals surface area contributed by atoms with Crippen molar-refractivity contribution >= 4 is 35.0 Å². The van der Waals surface area contributed by atoms with E-state index in [0.29, 0.717) is 23.1 Å². The second-order valence-corrected chi connectivity index (χ2v) is 8.58. The number of hydrogen-bond acceptors (Lipinski definition) is 2. The Morgan fingerprint density at radius 3 is 2.56 bits per heavy atom. The van der Waals surface area contributed by atoms with Gasteiger partial charge < -0.3 is 14.8 Å². The van der Waals surface area contributed by atoms with Gasteiger partial charge in [0.2, 0.25) is 11.8 Å². The van der Waals surface area contributed by atoms with Gasteiger partial charge in [-0.05, 0) is 50.6 Å². The second kappa shape index (κ2) is 7.56. The third kappa shape index (κ3) is 4.47. The molecule has 1 aromatic heterocycles. The summed E-state index contributed by atoms with van der Waals surface area (Å²) in [5, 5.41) is 3.75. The van der Waals surface area contributed by atoms with E-state index >= 15 is 0 Å². The van der Waals surface area contributed by atoms with Crippen LogP contribution in [0.1, 0.15) is 44.5 Å². The second-order valence-electron chi connectivity index (χ2n) is 7.76. The van der Waals surface area contributed by atoms with Crippen LogP contribution in [0.3, 0.4) is 0 Å². The van der Waals surface area contributed by atoms with Crippen LogP contribution in [0, 0.1) is 0 Å². The molecule has 1 aliphatic rings. The van der Waals surface area contributed by atoms with Crippen molar-refractivity contribution < 1.29 is 9.59 Å². The quantitative estimate of drug-likeness (QED) is 0.780. The number of carbonyl (C=O) groups is 2. The van der Waals surface area contributed by atoms with Gasteiger partial charge in [0, 0.05) is 30.5 Å². The molecule has 2 amide bonds. The summed E-state index contributed by atoms with van der Waals surface area (Å²) in [6.45, 7) is 6.88. The van der Waals surface area contributed by atoms with E-state index < -0.39 is 0 Å². The van der Waals surface area contributed by atoms with Crippen molar-refractivity contribution in [2.24, 2.45) is 0 Å². The van der Waals surface area contributed by atoms with Gasteiger partial charge in [0.05, 0.1) is 16.1 Å². The van der Waals surface area contributed by atoms with Gasteiger partial charge in [-0.25, -0.2) is 0 Å². The van der Waals surface area contributed by atoms with Gasteiger partial charge >= 0.3 is 0 Å². The molecule has 2 heterocycles. The SMILES string of the molecule is CC(C)(C)NC(=O)CC(=O)N1CCn2cccc2C1c1ccc(Cl)c(Cl)c1. The monoisotopic (exact) mass is 407 g/mol. The lowest BCUT2D eigenvalue weighted by atomic mass is 9.99. The molecule has 0 radical (unpaired) electrons. The van der Waals surface area contributed by atoms with E-state index in [2.05, 4.69) is 9.88 Å². The normalized spacial score (nSPS) is 16.8.